The van der Waals surface area contributed by atoms with Gasteiger partial charge in [-0.25, -0.2) is 0 Å². The lowest BCUT2D eigenvalue weighted by atomic mass is 10.2. The second-order valence-corrected chi connectivity index (χ2v) is 5.33. The van der Waals surface area contributed by atoms with Crippen LogP contribution < -0.4 is 5.32 Å². The maximum atomic E-state index is 12.1. The van der Waals surface area contributed by atoms with Gasteiger partial charge in [0.25, 0.3) is 11.6 Å². The Bertz CT molecular complexity index is 736. The zero-order chi connectivity index (χ0) is 15.6. The molecule has 0 atom stereocenters. The number of nitrogens with zero attached hydrogens (tertiary/aromatic N) is 1. The molecule has 0 unspecified atom stereocenters. The van der Waals surface area contributed by atoms with Crippen molar-refractivity contribution in [3.63, 3.8) is 0 Å². The average Bonchev–Trinajstić information content (AvgIpc) is 2.40. The molecule has 0 aliphatic rings. The molecular formula is C13H8BrClN2O4. The van der Waals surface area contributed by atoms with Crippen LogP contribution in [0.5, 0.6) is 5.75 Å². The molecule has 2 aromatic rings. The molecule has 2 N–H and O–H groups in total. The van der Waals surface area contributed by atoms with E-state index in [1.54, 1.807) is 6.07 Å². The summed E-state index contributed by atoms with van der Waals surface area (Å²) in [7, 11) is 0. The SMILES string of the molecule is O=C(Nc1cc([N+](=O)[O-])ccc1O)c1ccc(Cl)cc1Br. The number of anilines is 1. The maximum Gasteiger partial charge on any atom is 0.271 e. The summed E-state index contributed by atoms with van der Waals surface area (Å²) in [6, 6.07) is 7.94. The van der Waals surface area contributed by atoms with Crippen molar-refractivity contribution in [3.05, 3.63) is 61.6 Å². The Kier molecular flexibility index (Phi) is 4.44. The van der Waals surface area contributed by atoms with Crippen molar-refractivity contribution in [3.8, 4) is 5.75 Å². The van der Waals surface area contributed by atoms with Crippen molar-refractivity contribution in [2.45, 2.75) is 0 Å². The van der Waals surface area contributed by atoms with Gasteiger partial charge in [-0.3, -0.25) is 14.9 Å². The van der Waals surface area contributed by atoms with Gasteiger partial charge in [-0.05, 0) is 40.2 Å². The number of benzene rings is 2. The molecule has 2 rings (SSSR count). The highest BCUT2D eigenvalue weighted by Crippen LogP contribution is 2.29. The highest BCUT2D eigenvalue weighted by Gasteiger charge is 2.15. The molecule has 0 radical (unpaired) electrons. The smallest absolute Gasteiger partial charge is 0.271 e. The van der Waals surface area contributed by atoms with Crippen LogP contribution in [0.1, 0.15) is 10.4 Å². The number of rotatable bonds is 3. The highest BCUT2D eigenvalue weighted by molar-refractivity contribution is 9.10. The Morgan fingerprint density at radius 1 is 1.29 bits per heavy atom. The number of phenols is 1. The Morgan fingerprint density at radius 3 is 2.62 bits per heavy atom. The van der Waals surface area contributed by atoms with E-state index in [0.717, 1.165) is 18.2 Å². The molecule has 108 valence electrons. The fourth-order valence-corrected chi connectivity index (χ4v) is 2.46. The van der Waals surface area contributed by atoms with Crippen LogP contribution in [-0.4, -0.2) is 15.9 Å². The zero-order valence-electron chi connectivity index (χ0n) is 10.3. The van der Waals surface area contributed by atoms with E-state index in [1.165, 1.54) is 12.1 Å². The first-order valence-corrected chi connectivity index (χ1v) is 6.79. The molecule has 21 heavy (non-hydrogen) atoms. The van der Waals surface area contributed by atoms with Crippen LogP contribution in [0.25, 0.3) is 0 Å². The summed E-state index contributed by atoms with van der Waals surface area (Å²) in [4.78, 5) is 22.2. The van der Waals surface area contributed by atoms with E-state index in [1.807, 2.05) is 0 Å². The van der Waals surface area contributed by atoms with Crippen molar-refractivity contribution in [2.75, 3.05) is 5.32 Å². The highest BCUT2D eigenvalue weighted by atomic mass is 79.9. The van der Waals surface area contributed by atoms with Crippen molar-refractivity contribution < 1.29 is 14.8 Å². The minimum absolute atomic E-state index is 0.0453. The molecule has 0 spiro atoms. The predicted molar refractivity (Wildman–Crippen MR) is 81.9 cm³/mol. The minimum Gasteiger partial charge on any atom is -0.506 e. The predicted octanol–water partition coefficient (Wildman–Crippen LogP) is 3.97. The van der Waals surface area contributed by atoms with E-state index in [0.29, 0.717) is 9.50 Å². The number of nitro groups is 1. The van der Waals surface area contributed by atoms with Gasteiger partial charge in [0.15, 0.2) is 0 Å². The molecule has 6 nitrogen and oxygen atoms in total. The Hall–Kier alpha value is -2.12. The summed E-state index contributed by atoms with van der Waals surface area (Å²) in [6.07, 6.45) is 0. The number of nitrogens with one attached hydrogen (secondary N) is 1. The first-order chi connectivity index (χ1) is 9.88. The Morgan fingerprint density at radius 2 is 2.00 bits per heavy atom. The molecule has 0 aliphatic heterocycles. The van der Waals surface area contributed by atoms with E-state index < -0.39 is 10.8 Å². The van der Waals surface area contributed by atoms with Gasteiger partial charge in [-0.15, -0.1) is 0 Å². The van der Waals surface area contributed by atoms with Crippen molar-refractivity contribution in [1.29, 1.82) is 0 Å². The molecule has 0 aromatic heterocycles. The largest absolute Gasteiger partial charge is 0.506 e. The topological polar surface area (TPSA) is 92.5 Å². The lowest BCUT2D eigenvalue weighted by Crippen LogP contribution is -2.12. The van der Waals surface area contributed by atoms with Crippen LogP contribution in [0.4, 0.5) is 11.4 Å². The summed E-state index contributed by atoms with van der Waals surface area (Å²) in [5.74, 6) is -0.798. The second-order valence-electron chi connectivity index (χ2n) is 4.04. The van der Waals surface area contributed by atoms with Gasteiger partial charge in [0.1, 0.15) is 5.75 Å². The number of halogens is 2. The van der Waals surface area contributed by atoms with Crippen molar-refractivity contribution in [1.82, 2.24) is 0 Å². The van der Waals surface area contributed by atoms with Gasteiger partial charge in [0.05, 0.1) is 16.2 Å². The molecule has 8 heteroatoms. The third kappa shape index (κ3) is 3.50. The normalized spacial score (nSPS) is 10.2. The third-order valence-electron chi connectivity index (χ3n) is 2.61. The van der Waals surface area contributed by atoms with Gasteiger partial charge in [-0.2, -0.15) is 0 Å². The standard InChI is InChI=1S/C13H8BrClN2O4/c14-10-5-7(15)1-3-9(10)13(19)16-11-6-8(17(20)21)2-4-12(11)18/h1-6,18H,(H,16,19). The number of hydrogen-bond acceptors (Lipinski definition) is 4. The van der Waals surface area contributed by atoms with Crippen LogP contribution in [0.15, 0.2) is 40.9 Å². The third-order valence-corrected chi connectivity index (χ3v) is 3.51. The van der Waals surface area contributed by atoms with Crippen molar-refractivity contribution >= 4 is 44.8 Å². The van der Waals surface area contributed by atoms with Gasteiger partial charge < -0.3 is 10.4 Å². The van der Waals surface area contributed by atoms with E-state index in [-0.39, 0.29) is 22.7 Å². The number of carbonyl (C=O) groups excluding carboxylic acids is 1. The van der Waals surface area contributed by atoms with Crippen LogP contribution in [0.2, 0.25) is 5.02 Å². The molecular weight excluding hydrogens is 364 g/mol. The number of nitro benzene ring substituents is 1. The van der Waals surface area contributed by atoms with Crippen LogP contribution in [-0.2, 0) is 0 Å². The summed E-state index contributed by atoms with van der Waals surface area (Å²) in [6.45, 7) is 0. The van der Waals surface area contributed by atoms with Crippen LogP contribution in [0, 0.1) is 10.1 Å². The molecule has 0 fully saturated rings. The lowest BCUT2D eigenvalue weighted by molar-refractivity contribution is -0.384. The number of non-ortho nitro benzene ring substituents is 1. The van der Waals surface area contributed by atoms with Gasteiger partial charge in [0, 0.05) is 21.6 Å². The van der Waals surface area contributed by atoms with E-state index in [9.17, 15) is 20.0 Å². The van der Waals surface area contributed by atoms with Gasteiger partial charge in [-0.1, -0.05) is 11.6 Å². The quantitative estimate of drug-likeness (QED) is 0.485. The molecule has 0 saturated heterocycles. The number of hydrogen-bond donors (Lipinski definition) is 2. The summed E-state index contributed by atoms with van der Waals surface area (Å²) in [5.41, 5.74) is -0.000345. The van der Waals surface area contributed by atoms with Crippen LogP contribution in [0.3, 0.4) is 0 Å². The monoisotopic (exact) mass is 370 g/mol. The molecule has 1 amide bonds. The first kappa shape index (κ1) is 15.3. The fourth-order valence-electron chi connectivity index (χ4n) is 1.60. The van der Waals surface area contributed by atoms with Gasteiger partial charge in [0.2, 0.25) is 0 Å². The number of phenolic OH excluding ortho intramolecular Hbond substituents is 1. The summed E-state index contributed by atoms with van der Waals surface area (Å²) >= 11 is 8.99. The average molecular weight is 372 g/mol. The molecule has 2 aromatic carbocycles. The molecule has 0 saturated carbocycles. The maximum absolute atomic E-state index is 12.1. The molecule has 0 aliphatic carbocycles. The fraction of sp³-hybridized carbons (Fsp3) is 0. The Balaban J connectivity index is 2.31. The number of amides is 1. The van der Waals surface area contributed by atoms with Crippen molar-refractivity contribution in [2.24, 2.45) is 0 Å². The van der Waals surface area contributed by atoms with E-state index in [2.05, 4.69) is 21.2 Å². The summed E-state index contributed by atoms with van der Waals surface area (Å²) in [5, 5.41) is 23.2. The van der Waals surface area contributed by atoms with E-state index >= 15 is 0 Å². The number of carbonyl (C=O) groups is 1. The zero-order valence-corrected chi connectivity index (χ0v) is 12.7. The number of aromatic hydroxyl groups is 1. The van der Waals surface area contributed by atoms with Crippen LogP contribution >= 0.6 is 27.5 Å². The summed E-state index contributed by atoms with van der Waals surface area (Å²) < 4.78 is 0.470. The lowest BCUT2D eigenvalue weighted by Gasteiger charge is -2.08. The van der Waals surface area contributed by atoms with Gasteiger partial charge >= 0.3 is 0 Å². The molecule has 0 heterocycles. The first-order valence-electron chi connectivity index (χ1n) is 5.62. The van der Waals surface area contributed by atoms with E-state index in [4.69, 9.17) is 11.6 Å². The molecule has 0 bridgehead atoms. The minimum atomic E-state index is -0.618. The Labute approximate surface area is 132 Å². The second kappa shape index (κ2) is 6.11.